The van der Waals surface area contributed by atoms with E-state index in [1.54, 1.807) is 0 Å². The van der Waals surface area contributed by atoms with Gasteiger partial charge in [0.1, 0.15) is 0 Å². The standard InChI is InChI=1S/C18H30N4O/c1-4-22-17-7-5-6-16(15(17)12-19-22)20-14(3)18(23)21-10-8-13(2)9-11-21/h12-14,16,20H,4-11H2,1-3H3/t14-,16-/m0/s1. The van der Waals surface area contributed by atoms with Crippen molar-refractivity contribution >= 4 is 5.91 Å². The number of rotatable bonds is 4. The minimum absolute atomic E-state index is 0.121. The van der Waals surface area contributed by atoms with E-state index in [-0.39, 0.29) is 18.0 Å². The quantitative estimate of drug-likeness (QED) is 0.928. The molecule has 1 N–H and O–H groups in total. The predicted octanol–water partition coefficient (Wildman–Crippen LogP) is 2.52. The third kappa shape index (κ3) is 3.44. The van der Waals surface area contributed by atoms with Gasteiger partial charge in [0, 0.05) is 36.9 Å². The van der Waals surface area contributed by atoms with Crippen LogP contribution in [0, 0.1) is 5.92 Å². The molecular weight excluding hydrogens is 288 g/mol. The summed E-state index contributed by atoms with van der Waals surface area (Å²) in [4.78, 5) is 14.7. The van der Waals surface area contributed by atoms with Gasteiger partial charge in [-0.3, -0.25) is 14.8 Å². The number of nitrogens with zero attached hydrogens (tertiary/aromatic N) is 3. The van der Waals surface area contributed by atoms with Crippen molar-refractivity contribution in [1.82, 2.24) is 20.0 Å². The molecule has 0 radical (unpaired) electrons. The molecule has 5 heteroatoms. The van der Waals surface area contributed by atoms with E-state index in [1.165, 1.54) is 17.7 Å². The van der Waals surface area contributed by atoms with Gasteiger partial charge >= 0.3 is 0 Å². The number of carbonyl (C=O) groups is 1. The Morgan fingerprint density at radius 1 is 1.39 bits per heavy atom. The van der Waals surface area contributed by atoms with Gasteiger partial charge in [-0.25, -0.2) is 0 Å². The molecule has 1 aromatic heterocycles. The van der Waals surface area contributed by atoms with E-state index in [0.29, 0.717) is 0 Å². The maximum Gasteiger partial charge on any atom is 0.239 e. The van der Waals surface area contributed by atoms with Crippen molar-refractivity contribution in [2.75, 3.05) is 13.1 Å². The molecule has 1 saturated heterocycles. The SMILES string of the molecule is CCn1ncc2c1CCC[C@@H]2N[C@@H](C)C(=O)N1CCC(C)CC1. The molecule has 0 spiro atoms. The summed E-state index contributed by atoms with van der Waals surface area (Å²) in [5, 5.41) is 8.07. The summed E-state index contributed by atoms with van der Waals surface area (Å²) in [6.45, 7) is 9.17. The van der Waals surface area contributed by atoms with Crippen molar-refractivity contribution in [3.05, 3.63) is 17.5 Å². The van der Waals surface area contributed by atoms with E-state index in [1.807, 2.05) is 18.0 Å². The topological polar surface area (TPSA) is 50.2 Å². The van der Waals surface area contributed by atoms with Crippen LogP contribution >= 0.6 is 0 Å². The van der Waals surface area contributed by atoms with E-state index < -0.39 is 0 Å². The molecule has 128 valence electrons. The second-order valence-corrected chi connectivity index (χ2v) is 7.20. The Bertz CT molecular complexity index is 545. The largest absolute Gasteiger partial charge is 0.341 e. The molecule has 2 heterocycles. The van der Waals surface area contributed by atoms with Crippen LogP contribution in [-0.2, 0) is 17.8 Å². The second kappa shape index (κ2) is 7.04. The summed E-state index contributed by atoms with van der Waals surface area (Å²) >= 11 is 0. The number of hydrogen-bond donors (Lipinski definition) is 1. The van der Waals surface area contributed by atoms with Crippen LogP contribution in [0.25, 0.3) is 0 Å². The molecule has 0 saturated carbocycles. The van der Waals surface area contributed by atoms with Gasteiger partial charge in [-0.1, -0.05) is 6.92 Å². The number of aryl methyl sites for hydroxylation is 1. The molecule has 2 atom stereocenters. The number of amides is 1. The minimum atomic E-state index is -0.121. The maximum absolute atomic E-state index is 12.7. The lowest BCUT2D eigenvalue weighted by atomic mass is 9.92. The Labute approximate surface area is 139 Å². The van der Waals surface area contributed by atoms with Crippen LogP contribution in [0.2, 0.25) is 0 Å². The van der Waals surface area contributed by atoms with Crippen LogP contribution in [0.1, 0.15) is 63.8 Å². The van der Waals surface area contributed by atoms with Gasteiger partial charge in [0.05, 0.1) is 12.2 Å². The Balaban J connectivity index is 1.63. The zero-order valence-corrected chi connectivity index (χ0v) is 14.7. The summed E-state index contributed by atoms with van der Waals surface area (Å²) in [5.41, 5.74) is 2.65. The van der Waals surface area contributed by atoms with Gasteiger partial charge in [-0.05, 0) is 51.9 Å². The molecule has 1 aliphatic carbocycles. The lowest BCUT2D eigenvalue weighted by Crippen LogP contribution is -2.48. The summed E-state index contributed by atoms with van der Waals surface area (Å²) in [7, 11) is 0. The predicted molar refractivity (Wildman–Crippen MR) is 91.2 cm³/mol. The molecule has 1 fully saturated rings. The average Bonchev–Trinajstić information content (AvgIpc) is 2.99. The normalized spacial score (nSPS) is 23.6. The second-order valence-electron chi connectivity index (χ2n) is 7.20. The number of hydrogen-bond acceptors (Lipinski definition) is 3. The molecule has 0 unspecified atom stereocenters. The van der Waals surface area contributed by atoms with Crippen molar-refractivity contribution in [1.29, 1.82) is 0 Å². The Morgan fingerprint density at radius 3 is 2.83 bits per heavy atom. The van der Waals surface area contributed by atoms with Gasteiger partial charge in [-0.15, -0.1) is 0 Å². The number of aromatic nitrogens is 2. The monoisotopic (exact) mass is 318 g/mol. The maximum atomic E-state index is 12.7. The van der Waals surface area contributed by atoms with Gasteiger partial charge in [-0.2, -0.15) is 5.10 Å². The number of fused-ring (bicyclic) bond motifs is 1. The van der Waals surface area contributed by atoms with Crippen LogP contribution < -0.4 is 5.32 Å². The molecule has 5 nitrogen and oxygen atoms in total. The molecule has 1 aliphatic heterocycles. The fourth-order valence-corrected chi connectivity index (χ4v) is 3.94. The fraction of sp³-hybridized carbons (Fsp3) is 0.778. The van der Waals surface area contributed by atoms with Crippen LogP contribution in [0.5, 0.6) is 0 Å². The van der Waals surface area contributed by atoms with E-state index in [9.17, 15) is 4.79 Å². The number of piperidine rings is 1. The third-order valence-electron chi connectivity index (χ3n) is 5.48. The molecule has 3 rings (SSSR count). The molecule has 0 aromatic carbocycles. The number of carbonyl (C=O) groups excluding carboxylic acids is 1. The van der Waals surface area contributed by atoms with Gasteiger partial charge < -0.3 is 4.90 Å². The number of nitrogens with one attached hydrogen (secondary N) is 1. The zero-order chi connectivity index (χ0) is 16.4. The van der Waals surface area contributed by atoms with Crippen LogP contribution in [0.3, 0.4) is 0 Å². The molecule has 23 heavy (non-hydrogen) atoms. The number of likely N-dealkylation sites (tertiary alicyclic amines) is 1. The first-order chi connectivity index (χ1) is 11.1. The zero-order valence-electron chi connectivity index (χ0n) is 14.7. The summed E-state index contributed by atoms with van der Waals surface area (Å²) in [5.74, 6) is 1.01. The smallest absolute Gasteiger partial charge is 0.239 e. The molecular formula is C18H30N4O. The van der Waals surface area contributed by atoms with Gasteiger partial charge in [0.15, 0.2) is 0 Å². The average molecular weight is 318 g/mol. The summed E-state index contributed by atoms with van der Waals surface area (Å²) in [6, 6.07) is 0.144. The highest BCUT2D eigenvalue weighted by Crippen LogP contribution is 2.30. The van der Waals surface area contributed by atoms with Crippen molar-refractivity contribution in [3.63, 3.8) is 0 Å². The van der Waals surface area contributed by atoms with Crippen molar-refractivity contribution < 1.29 is 4.79 Å². The minimum Gasteiger partial charge on any atom is -0.341 e. The Morgan fingerprint density at radius 2 is 2.13 bits per heavy atom. The molecule has 0 bridgehead atoms. The first-order valence-electron chi connectivity index (χ1n) is 9.19. The first-order valence-corrected chi connectivity index (χ1v) is 9.19. The van der Waals surface area contributed by atoms with Crippen molar-refractivity contribution in [3.8, 4) is 0 Å². The molecule has 1 aromatic rings. The molecule has 1 amide bonds. The van der Waals surface area contributed by atoms with E-state index in [4.69, 9.17) is 0 Å². The van der Waals surface area contributed by atoms with E-state index in [2.05, 4.69) is 28.9 Å². The lowest BCUT2D eigenvalue weighted by Gasteiger charge is -2.34. The molecule has 2 aliphatic rings. The van der Waals surface area contributed by atoms with E-state index >= 15 is 0 Å². The third-order valence-corrected chi connectivity index (χ3v) is 5.48. The highest BCUT2D eigenvalue weighted by Gasteiger charge is 2.29. The van der Waals surface area contributed by atoms with Crippen LogP contribution in [-0.4, -0.2) is 39.7 Å². The van der Waals surface area contributed by atoms with Gasteiger partial charge in [0.25, 0.3) is 0 Å². The Kier molecular flexibility index (Phi) is 5.05. The van der Waals surface area contributed by atoms with Gasteiger partial charge in [0.2, 0.25) is 5.91 Å². The van der Waals surface area contributed by atoms with Crippen molar-refractivity contribution in [2.45, 2.75) is 71.5 Å². The van der Waals surface area contributed by atoms with E-state index in [0.717, 1.165) is 51.2 Å². The first kappa shape index (κ1) is 16.5. The Hall–Kier alpha value is -1.36. The van der Waals surface area contributed by atoms with Crippen LogP contribution in [0.4, 0.5) is 0 Å². The lowest BCUT2D eigenvalue weighted by molar-refractivity contribution is -0.134. The highest BCUT2D eigenvalue weighted by atomic mass is 16.2. The van der Waals surface area contributed by atoms with Crippen molar-refractivity contribution in [2.24, 2.45) is 5.92 Å². The van der Waals surface area contributed by atoms with Crippen LogP contribution in [0.15, 0.2) is 6.20 Å². The fourth-order valence-electron chi connectivity index (χ4n) is 3.94. The highest BCUT2D eigenvalue weighted by molar-refractivity contribution is 5.81. The summed E-state index contributed by atoms with van der Waals surface area (Å²) < 4.78 is 2.10. The summed E-state index contributed by atoms with van der Waals surface area (Å²) in [6.07, 6.45) is 7.63.